The van der Waals surface area contributed by atoms with Crippen LogP contribution in [0.4, 0.5) is 5.69 Å². The van der Waals surface area contributed by atoms with Crippen molar-refractivity contribution in [2.75, 3.05) is 19.0 Å². The maximum Gasteiger partial charge on any atom is 0.0770 e. The van der Waals surface area contributed by atoms with Gasteiger partial charge in [0.2, 0.25) is 0 Å². The van der Waals surface area contributed by atoms with Crippen LogP contribution in [0, 0.1) is 0 Å². The Hall–Kier alpha value is -1.02. The quantitative estimate of drug-likeness (QED) is 0.664. The van der Waals surface area contributed by atoms with Crippen LogP contribution in [0.1, 0.15) is 26.3 Å². The molecule has 100 valence electrons. The molecule has 1 rings (SSSR count). The minimum absolute atomic E-state index is 1.14. The van der Waals surface area contributed by atoms with E-state index in [9.17, 15) is 0 Å². The Kier molecular flexibility index (Phi) is 5.67. The van der Waals surface area contributed by atoms with Crippen LogP contribution in [0.3, 0.4) is 0 Å². The van der Waals surface area contributed by atoms with Crippen molar-refractivity contribution in [3.8, 4) is 0 Å². The molecule has 0 atom stereocenters. The molecule has 0 amide bonds. The molecule has 0 radical (unpaired) electrons. The third-order valence-corrected chi connectivity index (χ3v) is 9.23. The molecule has 0 aromatic heterocycles. The maximum absolute atomic E-state index is 2.54. The van der Waals surface area contributed by atoms with Gasteiger partial charge in [0, 0.05) is 19.8 Å². The zero-order valence-corrected chi connectivity index (χ0v) is 13.5. The molecule has 0 aliphatic rings. The summed E-state index contributed by atoms with van der Waals surface area (Å²) in [5, 5.41) is 0. The van der Waals surface area contributed by atoms with Crippen LogP contribution < -0.4 is 4.90 Å². The molecule has 0 saturated carbocycles. The Morgan fingerprint density at radius 1 is 1.06 bits per heavy atom. The lowest BCUT2D eigenvalue weighted by molar-refractivity contribution is 1.13. The first-order chi connectivity index (χ1) is 8.56. The van der Waals surface area contributed by atoms with E-state index in [1.807, 2.05) is 0 Å². The van der Waals surface area contributed by atoms with Crippen LogP contribution in [-0.4, -0.2) is 22.2 Å². The predicted octanol–water partition coefficient (Wildman–Crippen LogP) is 4.81. The lowest BCUT2D eigenvalue weighted by atomic mass is 10.2. The molecule has 1 aromatic rings. The van der Waals surface area contributed by atoms with Crippen LogP contribution in [0.5, 0.6) is 0 Å². The topological polar surface area (TPSA) is 3.24 Å². The summed E-state index contributed by atoms with van der Waals surface area (Å²) in [5.41, 5.74) is 5.14. The van der Waals surface area contributed by atoms with Gasteiger partial charge in [0.25, 0.3) is 0 Å². The van der Waals surface area contributed by atoms with Crippen molar-refractivity contribution in [3.05, 3.63) is 35.5 Å². The smallest absolute Gasteiger partial charge is 0.0770 e. The summed E-state index contributed by atoms with van der Waals surface area (Å²) >= 11 is 0. The number of nitrogens with zero attached hydrogens (tertiary/aromatic N) is 1. The largest absolute Gasteiger partial charge is 0.378 e. The average Bonchev–Trinajstić information content (AvgIpc) is 2.41. The molecule has 0 bridgehead atoms. The van der Waals surface area contributed by atoms with E-state index in [0.717, 1.165) is 0 Å². The van der Waals surface area contributed by atoms with Crippen LogP contribution in [0.25, 0.3) is 6.08 Å². The van der Waals surface area contributed by atoms with Crippen LogP contribution >= 0.6 is 0 Å². The van der Waals surface area contributed by atoms with Gasteiger partial charge in [0.15, 0.2) is 0 Å². The Morgan fingerprint density at radius 3 is 2.17 bits per heavy atom. The first-order valence-corrected chi connectivity index (χ1v) is 9.73. The molecule has 0 heterocycles. The van der Waals surface area contributed by atoms with E-state index in [1.54, 1.807) is 0 Å². The van der Waals surface area contributed by atoms with Gasteiger partial charge in [0.05, 0.1) is 8.07 Å². The number of hydrogen-bond acceptors (Lipinski definition) is 1. The van der Waals surface area contributed by atoms with Crippen LogP contribution in [0.2, 0.25) is 18.1 Å². The van der Waals surface area contributed by atoms with Crippen molar-refractivity contribution in [3.63, 3.8) is 0 Å². The van der Waals surface area contributed by atoms with Crippen molar-refractivity contribution >= 4 is 19.8 Å². The van der Waals surface area contributed by atoms with Gasteiger partial charge in [-0.25, -0.2) is 0 Å². The lowest BCUT2D eigenvalue weighted by Crippen LogP contribution is -2.28. The summed E-state index contributed by atoms with van der Waals surface area (Å²) in [5.74, 6) is 0. The van der Waals surface area contributed by atoms with Crippen molar-refractivity contribution in [1.82, 2.24) is 0 Å². The van der Waals surface area contributed by atoms with Crippen LogP contribution in [-0.2, 0) is 0 Å². The van der Waals surface area contributed by atoms with E-state index in [-0.39, 0.29) is 0 Å². The van der Waals surface area contributed by atoms with E-state index >= 15 is 0 Å². The van der Waals surface area contributed by atoms with E-state index in [0.29, 0.717) is 0 Å². The van der Waals surface area contributed by atoms with Gasteiger partial charge in [-0.15, -0.1) is 0 Å². The highest BCUT2D eigenvalue weighted by molar-refractivity contribution is 6.84. The molecule has 0 unspecified atom stereocenters. The average molecular weight is 261 g/mol. The molecule has 0 saturated heterocycles. The van der Waals surface area contributed by atoms with E-state index < -0.39 is 8.07 Å². The lowest BCUT2D eigenvalue weighted by Gasteiger charge is -2.23. The fraction of sp³-hybridized carbons (Fsp3) is 0.500. The molecule has 1 nitrogen and oxygen atoms in total. The molecule has 0 aliphatic carbocycles. The van der Waals surface area contributed by atoms with E-state index in [1.165, 1.54) is 29.4 Å². The summed E-state index contributed by atoms with van der Waals surface area (Å²) in [7, 11) is 3.04. The summed E-state index contributed by atoms with van der Waals surface area (Å²) in [4.78, 5) is 2.15. The van der Waals surface area contributed by atoms with Gasteiger partial charge in [-0.3, -0.25) is 0 Å². The van der Waals surface area contributed by atoms with Gasteiger partial charge in [0.1, 0.15) is 0 Å². The minimum Gasteiger partial charge on any atom is -0.378 e. The van der Waals surface area contributed by atoms with E-state index in [2.05, 4.69) is 75.8 Å². The zero-order valence-electron chi connectivity index (χ0n) is 12.5. The van der Waals surface area contributed by atoms with Gasteiger partial charge >= 0.3 is 0 Å². The highest BCUT2D eigenvalue weighted by atomic mass is 28.3. The second-order valence-electron chi connectivity index (χ2n) is 5.25. The SMILES string of the molecule is CC[Si](/C=C/c1cccc(N(C)C)c1)(CC)CC. The number of benzene rings is 1. The number of anilines is 1. The summed E-state index contributed by atoms with van der Waals surface area (Å²) < 4.78 is 0. The summed E-state index contributed by atoms with van der Waals surface area (Å²) in [6.07, 6.45) is 2.34. The Labute approximate surface area is 114 Å². The van der Waals surface area contributed by atoms with Crippen molar-refractivity contribution in [2.45, 2.75) is 38.9 Å². The zero-order chi connectivity index (χ0) is 13.6. The molecular weight excluding hydrogens is 234 g/mol. The van der Waals surface area contributed by atoms with Gasteiger partial charge in [-0.2, -0.15) is 0 Å². The second kappa shape index (κ2) is 6.79. The monoisotopic (exact) mass is 261 g/mol. The highest BCUT2D eigenvalue weighted by Crippen LogP contribution is 2.23. The third kappa shape index (κ3) is 3.74. The molecule has 1 aromatic carbocycles. The van der Waals surface area contributed by atoms with E-state index in [4.69, 9.17) is 0 Å². The first-order valence-electron chi connectivity index (χ1n) is 7.03. The predicted molar refractivity (Wildman–Crippen MR) is 87.0 cm³/mol. The van der Waals surface area contributed by atoms with Gasteiger partial charge in [-0.1, -0.05) is 62.8 Å². The Bertz CT molecular complexity index is 384. The van der Waals surface area contributed by atoms with Gasteiger partial charge < -0.3 is 4.90 Å². The highest BCUT2D eigenvalue weighted by Gasteiger charge is 2.22. The Balaban J connectivity index is 2.92. The van der Waals surface area contributed by atoms with Crippen LogP contribution in [0.15, 0.2) is 30.0 Å². The molecule has 0 N–H and O–H groups in total. The molecule has 0 fully saturated rings. The van der Waals surface area contributed by atoms with Crippen molar-refractivity contribution in [1.29, 1.82) is 0 Å². The molecule has 0 aliphatic heterocycles. The molecule has 0 spiro atoms. The maximum atomic E-state index is 2.54. The molecule has 2 heteroatoms. The number of hydrogen-bond donors (Lipinski definition) is 0. The van der Waals surface area contributed by atoms with Gasteiger partial charge in [-0.05, 0) is 17.7 Å². The third-order valence-electron chi connectivity index (χ3n) is 4.13. The van der Waals surface area contributed by atoms with Crippen molar-refractivity contribution < 1.29 is 0 Å². The fourth-order valence-electron chi connectivity index (χ4n) is 2.28. The second-order valence-corrected chi connectivity index (χ2v) is 10.4. The standard InChI is InChI=1S/C16H27NSi/c1-6-18(7-2,8-3)13-12-15-10-9-11-16(14-15)17(4)5/h9-14H,6-8H2,1-5H3/b13-12+. The van der Waals surface area contributed by atoms with Crippen molar-refractivity contribution in [2.24, 2.45) is 0 Å². The number of rotatable bonds is 6. The summed E-state index contributed by atoms with van der Waals surface area (Å²) in [6, 6.07) is 12.8. The molecule has 18 heavy (non-hydrogen) atoms. The Morgan fingerprint density at radius 2 is 1.67 bits per heavy atom. The minimum atomic E-state index is -1.14. The fourth-order valence-corrected chi connectivity index (χ4v) is 5.04. The first kappa shape index (κ1) is 15.0. The molecular formula is C16H27NSi. The normalized spacial score (nSPS) is 12.1. The summed E-state index contributed by atoms with van der Waals surface area (Å²) in [6.45, 7) is 7.04.